The molecule has 0 unspecified atom stereocenters. The van der Waals surface area contributed by atoms with Gasteiger partial charge in [0.1, 0.15) is 0 Å². The van der Waals surface area contributed by atoms with Crippen molar-refractivity contribution in [3.05, 3.63) is 30.0 Å². The smallest absolute Gasteiger partial charge is 0.340 e. The van der Waals surface area contributed by atoms with Crippen LogP contribution in [0.2, 0.25) is 0 Å². The fourth-order valence-electron chi connectivity index (χ4n) is 1.60. The zero-order chi connectivity index (χ0) is 11.5. The Morgan fingerprint density at radius 2 is 2.25 bits per heavy atom. The Kier molecular flexibility index (Phi) is 2.81. The first-order valence-electron chi connectivity index (χ1n) is 5.26. The molecule has 1 heterocycles. The SMILES string of the molecule is CCCOC(=O)c1ccc2cc[nH]c2c1N. The molecule has 1 aromatic carbocycles. The lowest BCUT2D eigenvalue weighted by atomic mass is 10.1. The number of H-pyrrole nitrogens is 1. The van der Waals surface area contributed by atoms with Gasteiger partial charge in [-0.05, 0) is 18.6 Å². The van der Waals surface area contributed by atoms with Crippen LogP contribution in [0.4, 0.5) is 5.69 Å². The number of carbonyl (C=O) groups excluding carboxylic acids is 1. The summed E-state index contributed by atoms with van der Waals surface area (Å²) in [5.41, 5.74) is 7.55. The monoisotopic (exact) mass is 218 g/mol. The molecule has 0 aliphatic carbocycles. The molecule has 0 bridgehead atoms. The number of aromatic nitrogens is 1. The standard InChI is InChI=1S/C12H14N2O2/c1-2-7-16-12(15)9-4-3-8-5-6-14-11(8)10(9)13/h3-6,14H,2,7,13H2,1H3. The Balaban J connectivity index is 2.37. The maximum Gasteiger partial charge on any atom is 0.340 e. The first-order chi connectivity index (χ1) is 7.74. The third-order valence-corrected chi connectivity index (χ3v) is 2.43. The van der Waals surface area contributed by atoms with E-state index in [1.807, 2.05) is 19.1 Å². The molecule has 4 nitrogen and oxygen atoms in total. The summed E-state index contributed by atoms with van der Waals surface area (Å²) in [4.78, 5) is 14.7. The second-order valence-electron chi connectivity index (χ2n) is 3.60. The van der Waals surface area contributed by atoms with Crippen LogP contribution in [0.1, 0.15) is 23.7 Å². The van der Waals surface area contributed by atoms with Gasteiger partial charge in [-0.25, -0.2) is 4.79 Å². The Morgan fingerprint density at radius 3 is 3.00 bits per heavy atom. The van der Waals surface area contributed by atoms with Gasteiger partial charge in [0.05, 0.1) is 23.4 Å². The van der Waals surface area contributed by atoms with Crippen molar-refractivity contribution in [3.63, 3.8) is 0 Å². The number of nitrogens with two attached hydrogens (primary N) is 1. The number of fused-ring (bicyclic) bond motifs is 1. The van der Waals surface area contributed by atoms with E-state index in [2.05, 4.69) is 4.98 Å². The minimum atomic E-state index is -0.365. The van der Waals surface area contributed by atoms with Crippen molar-refractivity contribution in [2.24, 2.45) is 0 Å². The van der Waals surface area contributed by atoms with Crippen molar-refractivity contribution in [2.45, 2.75) is 13.3 Å². The van der Waals surface area contributed by atoms with Crippen molar-refractivity contribution in [2.75, 3.05) is 12.3 Å². The lowest BCUT2D eigenvalue weighted by Gasteiger charge is -2.06. The molecule has 0 atom stereocenters. The summed E-state index contributed by atoms with van der Waals surface area (Å²) in [5.74, 6) is -0.365. The number of carbonyl (C=O) groups is 1. The highest BCUT2D eigenvalue weighted by molar-refractivity contribution is 6.04. The normalized spacial score (nSPS) is 10.6. The molecule has 2 rings (SSSR count). The van der Waals surface area contributed by atoms with Crippen LogP contribution in [-0.2, 0) is 4.74 Å². The molecule has 0 fully saturated rings. The number of hydrogen-bond acceptors (Lipinski definition) is 3. The molecule has 2 aromatic rings. The number of rotatable bonds is 3. The van der Waals surface area contributed by atoms with Gasteiger partial charge in [0, 0.05) is 11.6 Å². The first kappa shape index (κ1) is 10.5. The van der Waals surface area contributed by atoms with E-state index in [1.165, 1.54) is 0 Å². The molecular formula is C12H14N2O2. The van der Waals surface area contributed by atoms with Crippen LogP contribution in [0.5, 0.6) is 0 Å². The molecule has 16 heavy (non-hydrogen) atoms. The Hall–Kier alpha value is -1.97. The van der Waals surface area contributed by atoms with Gasteiger partial charge in [0.15, 0.2) is 0 Å². The highest BCUT2D eigenvalue weighted by Gasteiger charge is 2.13. The zero-order valence-electron chi connectivity index (χ0n) is 9.12. The fourth-order valence-corrected chi connectivity index (χ4v) is 1.60. The van der Waals surface area contributed by atoms with E-state index in [1.54, 1.807) is 12.3 Å². The van der Waals surface area contributed by atoms with Crippen molar-refractivity contribution < 1.29 is 9.53 Å². The van der Waals surface area contributed by atoms with Crippen LogP contribution < -0.4 is 5.73 Å². The van der Waals surface area contributed by atoms with E-state index in [-0.39, 0.29) is 5.97 Å². The maximum atomic E-state index is 11.7. The molecule has 0 amide bonds. The van der Waals surface area contributed by atoms with Gasteiger partial charge in [-0.3, -0.25) is 0 Å². The van der Waals surface area contributed by atoms with Crippen LogP contribution in [0.3, 0.4) is 0 Å². The second-order valence-corrected chi connectivity index (χ2v) is 3.60. The van der Waals surface area contributed by atoms with E-state index >= 15 is 0 Å². The van der Waals surface area contributed by atoms with E-state index < -0.39 is 0 Å². The fraction of sp³-hybridized carbons (Fsp3) is 0.250. The average Bonchev–Trinajstić information content (AvgIpc) is 2.75. The summed E-state index contributed by atoms with van der Waals surface area (Å²) in [6, 6.07) is 5.46. The number of aromatic amines is 1. The minimum Gasteiger partial charge on any atom is -0.462 e. The van der Waals surface area contributed by atoms with Crippen molar-refractivity contribution >= 4 is 22.6 Å². The van der Waals surface area contributed by atoms with Crippen molar-refractivity contribution in [1.29, 1.82) is 0 Å². The third kappa shape index (κ3) is 1.74. The zero-order valence-corrected chi connectivity index (χ0v) is 9.12. The summed E-state index contributed by atoms with van der Waals surface area (Å²) in [6.07, 6.45) is 2.60. The lowest BCUT2D eigenvalue weighted by Crippen LogP contribution is -2.09. The van der Waals surface area contributed by atoms with Gasteiger partial charge >= 0.3 is 5.97 Å². The lowest BCUT2D eigenvalue weighted by molar-refractivity contribution is 0.0506. The number of nitrogen functional groups attached to an aromatic ring is 1. The number of esters is 1. The second kappa shape index (κ2) is 4.26. The van der Waals surface area contributed by atoms with Crippen LogP contribution in [0.15, 0.2) is 24.4 Å². The van der Waals surface area contributed by atoms with E-state index in [0.29, 0.717) is 17.9 Å². The molecule has 84 valence electrons. The first-order valence-corrected chi connectivity index (χ1v) is 5.26. The van der Waals surface area contributed by atoms with Crippen molar-refractivity contribution in [3.8, 4) is 0 Å². The number of nitrogens with one attached hydrogen (secondary N) is 1. The average molecular weight is 218 g/mol. The Morgan fingerprint density at radius 1 is 1.44 bits per heavy atom. The molecule has 3 N–H and O–H groups in total. The molecule has 0 aliphatic rings. The molecule has 0 radical (unpaired) electrons. The Labute approximate surface area is 93.4 Å². The van der Waals surface area contributed by atoms with Crippen LogP contribution in [-0.4, -0.2) is 17.6 Å². The molecule has 0 aliphatic heterocycles. The van der Waals surface area contributed by atoms with E-state index in [9.17, 15) is 4.79 Å². The van der Waals surface area contributed by atoms with Gasteiger partial charge in [-0.15, -0.1) is 0 Å². The minimum absolute atomic E-state index is 0.365. The maximum absolute atomic E-state index is 11.7. The van der Waals surface area contributed by atoms with Crippen LogP contribution in [0, 0.1) is 0 Å². The van der Waals surface area contributed by atoms with E-state index in [0.717, 1.165) is 17.3 Å². The summed E-state index contributed by atoms with van der Waals surface area (Å²) < 4.78 is 5.05. The number of anilines is 1. The highest BCUT2D eigenvalue weighted by atomic mass is 16.5. The number of hydrogen-bond donors (Lipinski definition) is 2. The van der Waals surface area contributed by atoms with Gasteiger partial charge in [-0.1, -0.05) is 13.0 Å². The summed E-state index contributed by atoms with van der Waals surface area (Å²) >= 11 is 0. The van der Waals surface area contributed by atoms with Gasteiger partial charge in [0.25, 0.3) is 0 Å². The molecule has 1 aromatic heterocycles. The van der Waals surface area contributed by atoms with Crippen LogP contribution in [0.25, 0.3) is 10.9 Å². The van der Waals surface area contributed by atoms with Crippen molar-refractivity contribution in [1.82, 2.24) is 4.98 Å². The summed E-state index contributed by atoms with van der Waals surface area (Å²) in [6.45, 7) is 2.37. The van der Waals surface area contributed by atoms with Crippen LogP contribution >= 0.6 is 0 Å². The molecule has 0 saturated heterocycles. The van der Waals surface area contributed by atoms with E-state index in [4.69, 9.17) is 10.5 Å². The highest BCUT2D eigenvalue weighted by Crippen LogP contribution is 2.24. The molecular weight excluding hydrogens is 204 g/mol. The molecule has 0 spiro atoms. The topological polar surface area (TPSA) is 68.1 Å². The summed E-state index contributed by atoms with van der Waals surface area (Å²) in [7, 11) is 0. The predicted molar refractivity (Wildman–Crippen MR) is 63.3 cm³/mol. The predicted octanol–water partition coefficient (Wildman–Crippen LogP) is 2.32. The van der Waals surface area contributed by atoms with Gasteiger partial charge in [-0.2, -0.15) is 0 Å². The number of benzene rings is 1. The molecule has 0 saturated carbocycles. The Bertz CT molecular complexity index is 517. The van der Waals surface area contributed by atoms with Gasteiger partial charge < -0.3 is 15.5 Å². The number of ether oxygens (including phenoxy) is 1. The summed E-state index contributed by atoms with van der Waals surface area (Å²) in [5, 5.41) is 0.990. The van der Waals surface area contributed by atoms with Gasteiger partial charge in [0.2, 0.25) is 0 Å². The largest absolute Gasteiger partial charge is 0.462 e. The molecule has 4 heteroatoms. The third-order valence-electron chi connectivity index (χ3n) is 2.43. The quantitative estimate of drug-likeness (QED) is 0.613.